The molecule has 0 aliphatic heterocycles. The third kappa shape index (κ3) is 4.26. The molecule has 0 atom stereocenters. The maximum atomic E-state index is 11.2. The van der Waals surface area contributed by atoms with Crippen LogP contribution in [0, 0.1) is 0 Å². The third-order valence-electron chi connectivity index (χ3n) is 2.57. The van der Waals surface area contributed by atoms with Gasteiger partial charge in [-0.25, -0.2) is 0 Å². The standard InChI is InChI=1S/C15H18O/c1-3-15(16)13(2)9-7-8-12-14-10-5-4-6-11-14/h3-6,10-11H,1-2,7-9,12H2. The number of carbonyl (C=O) groups is 1. The fraction of sp³-hybridized carbons (Fsp3) is 0.267. The highest BCUT2D eigenvalue weighted by molar-refractivity contribution is 6.02. The van der Waals surface area contributed by atoms with Gasteiger partial charge < -0.3 is 0 Å². The quantitative estimate of drug-likeness (QED) is 0.499. The van der Waals surface area contributed by atoms with E-state index in [1.807, 2.05) is 6.07 Å². The highest BCUT2D eigenvalue weighted by atomic mass is 16.1. The van der Waals surface area contributed by atoms with Gasteiger partial charge in [-0.3, -0.25) is 4.79 Å². The van der Waals surface area contributed by atoms with Gasteiger partial charge in [0, 0.05) is 0 Å². The predicted molar refractivity (Wildman–Crippen MR) is 68.3 cm³/mol. The van der Waals surface area contributed by atoms with Gasteiger partial charge in [0.1, 0.15) is 0 Å². The zero-order chi connectivity index (χ0) is 11.8. The first-order chi connectivity index (χ1) is 7.74. The molecule has 0 spiro atoms. The zero-order valence-electron chi connectivity index (χ0n) is 9.61. The van der Waals surface area contributed by atoms with Crippen LogP contribution in [0.5, 0.6) is 0 Å². The van der Waals surface area contributed by atoms with Gasteiger partial charge in [0.15, 0.2) is 5.78 Å². The van der Waals surface area contributed by atoms with E-state index in [9.17, 15) is 4.79 Å². The summed E-state index contributed by atoms with van der Waals surface area (Å²) in [6, 6.07) is 10.4. The first-order valence-electron chi connectivity index (χ1n) is 5.62. The molecule has 0 radical (unpaired) electrons. The van der Waals surface area contributed by atoms with Crippen molar-refractivity contribution >= 4 is 5.78 Å². The molecular formula is C15H18O. The van der Waals surface area contributed by atoms with E-state index < -0.39 is 0 Å². The molecule has 0 aliphatic carbocycles. The topological polar surface area (TPSA) is 17.1 Å². The van der Waals surface area contributed by atoms with E-state index in [-0.39, 0.29) is 5.78 Å². The van der Waals surface area contributed by atoms with Crippen molar-refractivity contribution in [3.05, 3.63) is 60.7 Å². The molecule has 16 heavy (non-hydrogen) atoms. The Kier molecular flexibility index (Phi) is 5.27. The molecule has 0 saturated carbocycles. The molecule has 0 saturated heterocycles. The number of benzene rings is 1. The third-order valence-corrected chi connectivity index (χ3v) is 2.57. The second kappa shape index (κ2) is 6.78. The molecule has 0 bridgehead atoms. The van der Waals surface area contributed by atoms with E-state index in [0.29, 0.717) is 5.57 Å². The Labute approximate surface area is 97.5 Å². The summed E-state index contributed by atoms with van der Waals surface area (Å²) in [7, 11) is 0. The molecule has 0 aliphatic rings. The number of ketones is 1. The largest absolute Gasteiger partial charge is 0.290 e. The van der Waals surface area contributed by atoms with Crippen molar-refractivity contribution in [3.63, 3.8) is 0 Å². The molecule has 0 fully saturated rings. The van der Waals surface area contributed by atoms with Gasteiger partial charge in [0.25, 0.3) is 0 Å². The van der Waals surface area contributed by atoms with Crippen molar-refractivity contribution in [2.45, 2.75) is 25.7 Å². The Morgan fingerprint density at radius 1 is 1.19 bits per heavy atom. The van der Waals surface area contributed by atoms with E-state index in [1.165, 1.54) is 11.6 Å². The SMILES string of the molecule is C=CC(=O)C(=C)CCCCc1ccccc1. The Morgan fingerprint density at radius 2 is 1.88 bits per heavy atom. The van der Waals surface area contributed by atoms with Crippen LogP contribution in [0.4, 0.5) is 0 Å². The van der Waals surface area contributed by atoms with Crippen LogP contribution in [0.15, 0.2) is 55.1 Å². The number of hydrogen-bond donors (Lipinski definition) is 0. The number of aryl methyl sites for hydroxylation is 1. The molecule has 1 aromatic rings. The molecule has 1 rings (SSSR count). The van der Waals surface area contributed by atoms with Crippen molar-refractivity contribution in [2.75, 3.05) is 0 Å². The molecule has 1 heteroatoms. The smallest absolute Gasteiger partial charge is 0.180 e. The summed E-state index contributed by atoms with van der Waals surface area (Å²) in [6.45, 7) is 7.20. The van der Waals surface area contributed by atoms with Crippen molar-refractivity contribution in [2.24, 2.45) is 0 Å². The Hall–Kier alpha value is -1.63. The van der Waals surface area contributed by atoms with Gasteiger partial charge in [-0.1, -0.05) is 43.5 Å². The summed E-state index contributed by atoms with van der Waals surface area (Å²) < 4.78 is 0. The number of allylic oxidation sites excluding steroid dienone is 2. The van der Waals surface area contributed by atoms with Crippen LogP contribution >= 0.6 is 0 Å². The van der Waals surface area contributed by atoms with E-state index in [1.54, 1.807) is 0 Å². The molecule has 1 nitrogen and oxygen atoms in total. The highest BCUT2D eigenvalue weighted by Gasteiger charge is 2.01. The highest BCUT2D eigenvalue weighted by Crippen LogP contribution is 2.10. The first kappa shape index (κ1) is 12.4. The molecule has 0 unspecified atom stereocenters. The van der Waals surface area contributed by atoms with Crippen LogP contribution in [-0.2, 0) is 11.2 Å². The van der Waals surface area contributed by atoms with E-state index >= 15 is 0 Å². The maximum absolute atomic E-state index is 11.2. The molecule has 1 aromatic carbocycles. The molecule has 0 amide bonds. The Balaban J connectivity index is 2.20. The molecule has 0 aromatic heterocycles. The lowest BCUT2D eigenvalue weighted by Gasteiger charge is -2.02. The number of unbranched alkanes of at least 4 members (excludes halogenated alkanes) is 1. The Bertz CT molecular complexity index is 362. The van der Waals surface area contributed by atoms with Crippen molar-refractivity contribution in [3.8, 4) is 0 Å². The zero-order valence-corrected chi connectivity index (χ0v) is 9.61. The summed E-state index contributed by atoms with van der Waals surface area (Å²) in [6.07, 6.45) is 5.27. The maximum Gasteiger partial charge on any atom is 0.180 e. The van der Waals surface area contributed by atoms with Crippen LogP contribution in [0.1, 0.15) is 24.8 Å². The van der Waals surface area contributed by atoms with Gasteiger partial charge in [-0.05, 0) is 42.9 Å². The van der Waals surface area contributed by atoms with Gasteiger partial charge in [-0.2, -0.15) is 0 Å². The lowest BCUT2D eigenvalue weighted by atomic mass is 10.0. The normalized spacial score (nSPS) is 9.75. The molecule has 0 heterocycles. The summed E-state index contributed by atoms with van der Waals surface area (Å²) in [5.41, 5.74) is 2.02. The molecular weight excluding hydrogens is 196 g/mol. The van der Waals surface area contributed by atoms with Crippen molar-refractivity contribution in [1.82, 2.24) is 0 Å². The molecule has 0 N–H and O–H groups in total. The van der Waals surface area contributed by atoms with Gasteiger partial charge >= 0.3 is 0 Å². The monoisotopic (exact) mass is 214 g/mol. The summed E-state index contributed by atoms with van der Waals surface area (Å²) in [5.74, 6) is -0.0280. The van der Waals surface area contributed by atoms with Crippen LogP contribution in [0.25, 0.3) is 0 Å². The van der Waals surface area contributed by atoms with Gasteiger partial charge in [-0.15, -0.1) is 0 Å². The van der Waals surface area contributed by atoms with Gasteiger partial charge in [0.05, 0.1) is 0 Å². The predicted octanol–water partition coefficient (Wildman–Crippen LogP) is 3.71. The first-order valence-corrected chi connectivity index (χ1v) is 5.62. The molecule has 84 valence electrons. The average molecular weight is 214 g/mol. The van der Waals surface area contributed by atoms with E-state index in [0.717, 1.165) is 25.7 Å². The minimum absolute atomic E-state index is 0.0280. The average Bonchev–Trinajstić information content (AvgIpc) is 2.34. The van der Waals surface area contributed by atoms with Gasteiger partial charge in [0.2, 0.25) is 0 Å². The number of rotatable bonds is 7. The second-order valence-corrected chi connectivity index (χ2v) is 3.86. The van der Waals surface area contributed by atoms with E-state index in [4.69, 9.17) is 0 Å². The van der Waals surface area contributed by atoms with Crippen LogP contribution < -0.4 is 0 Å². The van der Waals surface area contributed by atoms with E-state index in [2.05, 4.69) is 37.4 Å². The summed E-state index contributed by atoms with van der Waals surface area (Å²) >= 11 is 0. The van der Waals surface area contributed by atoms with Crippen LogP contribution in [-0.4, -0.2) is 5.78 Å². The minimum Gasteiger partial charge on any atom is -0.290 e. The van der Waals surface area contributed by atoms with Crippen molar-refractivity contribution < 1.29 is 4.79 Å². The van der Waals surface area contributed by atoms with Crippen molar-refractivity contribution in [1.29, 1.82) is 0 Å². The van der Waals surface area contributed by atoms with Crippen LogP contribution in [0.2, 0.25) is 0 Å². The number of hydrogen-bond acceptors (Lipinski definition) is 1. The fourth-order valence-electron chi connectivity index (χ4n) is 1.58. The van der Waals surface area contributed by atoms with Crippen LogP contribution in [0.3, 0.4) is 0 Å². The fourth-order valence-corrected chi connectivity index (χ4v) is 1.58. The summed E-state index contributed by atoms with van der Waals surface area (Å²) in [4.78, 5) is 11.2. The Morgan fingerprint density at radius 3 is 2.50 bits per heavy atom. The lowest BCUT2D eigenvalue weighted by molar-refractivity contribution is -0.111. The second-order valence-electron chi connectivity index (χ2n) is 3.86. The number of carbonyl (C=O) groups excluding carboxylic acids is 1. The minimum atomic E-state index is -0.0280. The lowest BCUT2D eigenvalue weighted by Crippen LogP contribution is -1.96. The summed E-state index contributed by atoms with van der Waals surface area (Å²) in [5, 5.41) is 0.